The van der Waals surface area contributed by atoms with Crippen LogP contribution in [0, 0.1) is 17.2 Å². The number of carbonyl (C=O) groups is 1. The van der Waals surface area contributed by atoms with Crippen molar-refractivity contribution in [2.45, 2.75) is 69.2 Å². The molecule has 3 fully saturated rings. The molecule has 10 nitrogen and oxygen atoms in total. The number of anilines is 2. The zero-order valence-electron chi connectivity index (χ0n) is 21.3. The smallest absolute Gasteiger partial charge is 0.254 e. The van der Waals surface area contributed by atoms with Crippen LogP contribution in [0.4, 0.5) is 11.6 Å². The highest BCUT2D eigenvalue weighted by Gasteiger charge is 2.43. The zero-order chi connectivity index (χ0) is 26.2. The van der Waals surface area contributed by atoms with Crippen molar-refractivity contribution in [2.75, 3.05) is 12.4 Å². The maximum atomic E-state index is 13.4. The molecule has 2 aromatic heterocycles. The molecular weight excluding hydrogens is 482 g/mol. The number of fused-ring (bicyclic) bond motifs is 2. The highest BCUT2D eigenvalue weighted by Crippen LogP contribution is 2.42. The Balaban J connectivity index is 1.23. The van der Waals surface area contributed by atoms with Crippen LogP contribution in [0.2, 0.25) is 0 Å². The first-order valence-electron chi connectivity index (χ1n) is 13.2. The van der Waals surface area contributed by atoms with Crippen molar-refractivity contribution in [1.82, 2.24) is 24.6 Å². The standard InChI is InChI=1S/C28H31N7O3/c1-38-25-15-30-28(33-26(25)19-14-31-34(16-19)24(9-10-29)17-5-6-17)32-20-4-2-3-18(11-20)27(37)35-21-7-8-22(35)13-23(36)12-21/h2-4,11,14-17,21-24,36H,5-9,12-13H2,1H3,(H,30,32,33)/t21-,22+,23?,24?. The molecule has 1 aliphatic carbocycles. The van der Waals surface area contributed by atoms with Gasteiger partial charge in [-0.3, -0.25) is 9.48 Å². The van der Waals surface area contributed by atoms with E-state index in [9.17, 15) is 15.2 Å². The average molecular weight is 514 g/mol. The summed E-state index contributed by atoms with van der Waals surface area (Å²) in [4.78, 5) is 24.5. The van der Waals surface area contributed by atoms with E-state index >= 15 is 0 Å². The van der Waals surface area contributed by atoms with Crippen LogP contribution in [0.5, 0.6) is 5.75 Å². The van der Waals surface area contributed by atoms with E-state index in [4.69, 9.17) is 9.72 Å². The third-order valence-electron chi connectivity index (χ3n) is 7.96. The number of amides is 1. The molecule has 0 spiro atoms. The van der Waals surface area contributed by atoms with Gasteiger partial charge < -0.3 is 20.1 Å². The number of ether oxygens (including phenoxy) is 1. The lowest BCUT2D eigenvalue weighted by Gasteiger charge is -2.37. The fourth-order valence-corrected chi connectivity index (χ4v) is 5.97. The number of benzene rings is 1. The molecule has 10 heteroatoms. The molecule has 2 saturated heterocycles. The van der Waals surface area contributed by atoms with Crippen molar-refractivity contribution >= 4 is 17.5 Å². The van der Waals surface area contributed by atoms with Crippen LogP contribution in [-0.2, 0) is 0 Å². The van der Waals surface area contributed by atoms with E-state index in [2.05, 4.69) is 21.5 Å². The van der Waals surface area contributed by atoms with Crippen LogP contribution in [0.15, 0.2) is 42.9 Å². The van der Waals surface area contributed by atoms with Gasteiger partial charge in [-0.1, -0.05) is 6.07 Å². The third-order valence-corrected chi connectivity index (χ3v) is 7.96. The Kier molecular flexibility index (Phi) is 6.45. The molecular formula is C28H31N7O3. The van der Waals surface area contributed by atoms with Crippen LogP contribution < -0.4 is 10.1 Å². The van der Waals surface area contributed by atoms with Crippen LogP contribution in [0.3, 0.4) is 0 Å². The molecule has 6 rings (SSSR count). The van der Waals surface area contributed by atoms with Crippen molar-refractivity contribution < 1.29 is 14.6 Å². The normalized spacial score (nSPS) is 23.1. The van der Waals surface area contributed by atoms with Crippen LogP contribution in [0.25, 0.3) is 11.3 Å². The summed E-state index contributed by atoms with van der Waals surface area (Å²) in [6.45, 7) is 0. The number of rotatable bonds is 8. The summed E-state index contributed by atoms with van der Waals surface area (Å²) in [5, 5.41) is 27.1. The lowest BCUT2D eigenvalue weighted by Crippen LogP contribution is -2.48. The van der Waals surface area contributed by atoms with Gasteiger partial charge in [-0.25, -0.2) is 9.97 Å². The second kappa shape index (κ2) is 10.1. The van der Waals surface area contributed by atoms with Gasteiger partial charge >= 0.3 is 0 Å². The number of carbonyl (C=O) groups excluding carboxylic acids is 1. The van der Waals surface area contributed by atoms with Gasteiger partial charge in [0.2, 0.25) is 5.95 Å². The quantitative estimate of drug-likeness (QED) is 0.461. The second-order valence-electron chi connectivity index (χ2n) is 10.5. The highest BCUT2D eigenvalue weighted by molar-refractivity contribution is 5.96. The van der Waals surface area contributed by atoms with Gasteiger partial charge in [0.25, 0.3) is 5.91 Å². The first-order valence-corrected chi connectivity index (χ1v) is 13.2. The molecule has 1 saturated carbocycles. The molecule has 2 unspecified atom stereocenters. The number of piperidine rings is 1. The lowest BCUT2D eigenvalue weighted by molar-refractivity contribution is 0.0287. The van der Waals surface area contributed by atoms with Crippen molar-refractivity contribution in [2.24, 2.45) is 5.92 Å². The molecule has 4 heterocycles. The average Bonchev–Trinajstić information content (AvgIpc) is 3.58. The Morgan fingerprint density at radius 3 is 2.74 bits per heavy atom. The largest absolute Gasteiger partial charge is 0.493 e. The first-order chi connectivity index (χ1) is 18.5. The Bertz CT molecular complexity index is 1360. The van der Waals surface area contributed by atoms with Crippen LogP contribution >= 0.6 is 0 Å². The van der Waals surface area contributed by atoms with E-state index in [1.807, 2.05) is 40.0 Å². The van der Waals surface area contributed by atoms with Gasteiger partial charge in [0.15, 0.2) is 5.75 Å². The van der Waals surface area contributed by atoms with Crippen molar-refractivity contribution in [3.8, 4) is 23.1 Å². The number of methoxy groups -OCH3 is 1. The van der Waals surface area contributed by atoms with E-state index in [1.165, 1.54) is 0 Å². The van der Waals surface area contributed by atoms with Crippen molar-refractivity contribution in [3.05, 3.63) is 48.4 Å². The third kappa shape index (κ3) is 4.70. The number of hydrogen-bond acceptors (Lipinski definition) is 8. The minimum absolute atomic E-state index is 0.000566. The minimum Gasteiger partial charge on any atom is -0.493 e. The van der Waals surface area contributed by atoms with Gasteiger partial charge in [0.1, 0.15) is 5.69 Å². The molecule has 2 aliphatic heterocycles. The Hall–Kier alpha value is -3.97. The number of nitrogens with zero attached hydrogens (tertiary/aromatic N) is 6. The second-order valence-corrected chi connectivity index (χ2v) is 10.5. The summed E-state index contributed by atoms with van der Waals surface area (Å²) >= 11 is 0. The molecule has 2 N–H and O–H groups in total. The highest BCUT2D eigenvalue weighted by atomic mass is 16.5. The maximum absolute atomic E-state index is 13.4. The Labute approximate surface area is 221 Å². The molecule has 1 amide bonds. The minimum atomic E-state index is -0.316. The monoisotopic (exact) mass is 513 g/mol. The fraction of sp³-hybridized carbons (Fsp3) is 0.464. The molecule has 196 valence electrons. The summed E-state index contributed by atoms with van der Waals surface area (Å²) in [7, 11) is 1.57. The number of aliphatic hydroxyl groups is 1. The SMILES string of the molecule is COc1cnc(Nc2cccc(C(=O)N3[C@@H]4CC[C@H]3CC(O)C4)c2)nc1-c1cnn(C(CC#N)C2CC2)c1. The zero-order valence-corrected chi connectivity index (χ0v) is 21.3. The topological polar surface area (TPSA) is 129 Å². The maximum Gasteiger partial charge on any atom is 0.254 e. The Morgan fingerprint density at radius 2 is 2.03 bits per heavy atom. The van der Waals surface area contributed by atoms with E-state index < -0.39 is 0 Å². The van der Waals surface area contributed by atoms with E-state index in [0.29, 0.717) is 53.8 Å². The molecule has 2 bridgehead atoms. The van der Waals surface area contributed by atoms with Crippen LogP contribution in [0.1, 0.15) is 61.3 Å². The molecule has 0 radical (unpaired) electrons. The lowest BCUT2D eigenvalue weighted by atomic mass is 9.98. The predicted molar refractivity (Wildman–Crippen MR) is 140 cm³/mol. The van der Waals surface area contributed by atoms with Gasteiger partial charge in [-0.05, 0) is 62.6 Å². The Morgan fingerprint density at radius 1 is 1.24 bits per heavy atom. The first kappa shape index (κ1) is 24.4. The van der Waals surface area contributed by atoms with Gasteiger partial charge in [-0.2, -0.15) is 10.4 Å². The number of aliphatic hydroxyl groups excluding tert-OH is 1. The van der Waals surface area contributed by atoms with Gasteiger partial charge in [-0.15, -0.1) is 0 Å². The molecule has 38 heavy (non-hydrogen) atoms. The summed E-state index contributed by atoms with van der Waals surface area (Å²) in [6, 6.07) is 9.92. The summed E-state index contributed by atoms with van der Waals surface area (Å²) in [5.41, 5.74) is 2.68. The molecule has 3 aromatic rings. The van der Waals surface area contributed by atoms with Crippen molar-refractivity contribution in [3.63, 3.8) is 0 Å². The number of nitrogens with one attached hydrogen (secondary N) is 1. The van der Waals surface area contributed by atoms with E-state index in [1.54, 1.807) is 19.5 Å². The van der Waals surface area contributed by atoms with Gasteiger partial charge in [0.05, 0.1) is 44.1 Å². The molecule has 4 atom stereocenters. The molecule has 3 aliphatic rings. The number of nitriles is 1. The van der Waals surface area contributed by atoms with E-state index in [0.717, 1.165) is 31.2 Å². The van der Waals surface area contributed by atoms with Gasteiger partial charge in [0, 0.05) is 35.1 Å². The summed E-state index contributed by atoms with van der Waals surface area (Å²) < 4.78 is 7.39. The summed E-state index contributed by atoms with van der Waals surface area (Å²) in [6.07, 6.45) is 10.8. The van der Waals surface area contributed by atoms with Crippen LogP contribution in [-0.4, -0.2) is 61.0 Å². The fourth-order valence-electron chi connectivity index (χ4n) is 5.97. The predicted octanol–water partition coefficient (Wildman–Crippen LogP) is 4.08. The number of aromatic nitrogens is 4. The number of hydrogen-bond donors (Lipinski definition) is 2. The van der Waals surface area contributed by atoms with E-state index in [-0.39, 0.29) is 30.1 Å². The van der Waals surface area contributed by atoms with Crippen molar-refractivity contribution in [1.29, 1.82) is 5.26 Å². The summed E-state index contributed by atoms with van der Waals surface area (Å²) in [5.74, 6) is 1.38. The molecule has 1 aromatic carbocycles.